The first kappa shape index (κ1) is 20.3. The third-order valence-electron chi connectivity index (χ3n) is 4.71. The van der Waals surface area contributed by atoms with Gasteiger partial charge < -0.3 is 14.2 Å². The first-order chi connectivity index (χ1) is 13.4. The number of hydrogen-bond acceptors (Lipinski definition) is 7. The molecule has 2 aromatic rings. The number of methoxy groups -OCH3 is 2. The summed E-state index contributed by atoms with van der Waals surface area (Å²) in [4.78, 5) is 8.39. The highest BCUT2D eigenvalue weighted by Gasteiger charge is 2.29. The lowest BCUT2D eigenvalue weighted by Crippen LogP contribution is -2.39. The zero-order valence-electron chi connectivity index (χ0n) is 16.2. The lowest BCUT2D eigenvalue weighted by atomic mass is 9.94. The predicted octanol–water partition coefficient (Wildman–Crippen LogP) is 2.47. The van der Waals surface area contributed by atoms with E-state index in [1.807, 2.05) is 13.0 Å². The van der Waals surface area contributed by atoms with Crippen LogP contribution < -0.4 is 18.9 Å². The summed E-state index contributed by atoms with van der Waals surface area (Å²) in [6.45, 7) is 1.85. The molecule has 0 saturated heterocycles. The van der Waals surface area contributed by atoms with E-state index in [9.17, 15) is 8.42 Å². The fourth-order valence-electron chi connectivity index (χ4n) is 3.27. The largest absolute Gasteiger partial charge is 0.495 e. The summed E-state index contributed by atoms with van der Waals surface area (Å²) >= 11 is 0. The minimum Gasteiger partial charge on any atom is -0.495 e. The van der Waals surface area contributed by atoms with Gasteiger partial charge in [0.05, 0.1) is 14.2 Å². The molecule has 0 atom stereocenters. The zero-order chi connectivity index (χ0) is 20.1. The molecule has 0 bridgehead atoms. The molecule has 0 unspecified atom stereocenters. The van der Waals surface area contributed by atoms with Gasteiger partial charge in [-0.2, -0.15) is 0 Å². The molecule has 3 rings (SSSR count). The molecule has 1 aromatic heterocycles. The summed E-state index contributed by atoms with van der Waals surface area (Å²) in [7, 11) is -0.689. The molecule has 1 aliphatic rings. The number of aromatic nitrogens is 2. The number of hydrogen-bond donors (Lipinski definition) is 1. The maximum absolute atomic E-state index is 12.8. The molecule has 0 amide bonds. The number of aryl methyl sites for hydroxylation is 1. The molecule has 0 spiro atoms. The lowest BCUT2D eigenvalue weighted by Gasteiger charge is -2.29. The van der Waals surface area contributed by atoms with Crippen molar-refractivity contribution < 1.29 is 22.6 Å². The Kier molecular flexibility index (Phi) is 6.35. The molecule has 152 valence electrons. The van der Waals surface area contributed by atoms with Crippen molar-refractivity contribution in [2.24, 2.45) is 0 Å². The molecule has 1 fully saturated rings. The van der Waals surface area contributed by atoms with Gasteiger partial charge in [0.1, 0.15) is 16.7 Å². The van der Waals surface area contributed by atoms with Gasteiger partial charge >= 0.3 is 0 Å². The summed E-state index contributed by atoms with van der Waals surface area (Å²) in [5, 5.41) is 0. The Morgan fingerprint density at radius 1 is 1.00 bits per heavy atom. The Morgan fingerprint density at radius 3 is 2.32 bits per heavy atom. The average Bonchev–Trinajstić information content (AvgIpc) is 2.69. The SMILES string of the molecule is COc1ccc(C)cc1S(=O)(=O)NC1CCC(Oc2nccnc2OC)CC1. The number of rotatable bonds is 7. The van der Waals surface area contributed by atoms with Crippen molar-refractivity contribution in [1.82, 2.24) is 14.7 Å². The number of sulfonamides is 1. The van der Waals surface area contributed by atoms with Gasteiger partial charge in [-0.15, -0.1) is 0 Å². The van der Waals surface area contributed by atoms with E-state index in [1.54, 1.807) is 18.3 Å². The molecule has 1 aromatic carbocycles. The van der Waals surface area contributed by atoms with Crippen molar-refractivity contribution in [1.29, 1.82) is 0 Å². The predicted molar refractivity (Wildman–Crippen MR) is 103 cm³/mol. The standard InChI is InChI=1S/C19H25N3O5S/c1-13-4-9-16(25-2)17(12-13)28(23,24)22-14-5-7-15(8-6-14)27-19-18(26-3)20-10-11-21-19/h4,9-12,14-15,22H,5-8H2,1-3H3. The van der Waals surface area contributed by atoms with Crippen LogP contribution in [0.1, 0.15) is 31.2 Å². The Bertz CT molecular complexity index is 912. The van der Waals surface area contributed by atoms with Crippen molar-refractivity contribution in [3.63, 3.8) is 0 Å². The van der Waals surface area contributed by atoms with E-state index in [-0.39, 0.29) is 17.0 Å². The summed E-state index contributed by atoms with van der Waals surface area (Å²) in [6, 6.07) is 4.96. The topological polar surface area (TPSA) is 99.6 Å². The van der Waals surface area contributed by atoms with E-state index >= 15 is 0 Å². The van der Waals surface area contributed by atoms with Gasteiger partial charge in [-0.3, -0.25) is 0 Å². The zero-order valence-corrected chi connectivity index (χ0v) is 17.0. The summed E-state index contributed by atoms with van der Waals surface area (Å²) in [6.07, 6.45) is 5.78. The Hall–Kier alpha value is -2.39. The van der Waals surface area contributed by atoms with Crippen LogP contribution in [0.3, 0.4) is 0 Å². The van der Waals surface area contributed by atoms with Gasteiger partial charge in [0.2, 0.25) is 10.0 Å². The van der Waals surface area contributed by atoms with Crippen LogP contribution in [0.25, 0.3) is 0 Å². The van der Waals surface area contributed by atoms with Crippen LogP contribution in [0.15, 0.2) is 35.5 Å². The fraction of sp³-hybridized carbons (Fsp3) is 0.474. The van der Waals surface area contributed by atoms with Crippen LogP contribution in [0, 0.1) is 6.92 Å². The first-order valence-electron chi connectivity index (χ1n) is 9.11. The van der Waals surface area contributed by atoms with Crippen LogP contribution in [-0.2, 0) is 10.0 Å². The highest BCUT2D eigenvalue weighted by Crippen LogP contribution is 2.29. The van der Waals surface area contributed by atoms with E-state index in [4.69, 9.17) is 14.2 Å². The molecule has 1 saturated carbocycles. The second-order valence-electron chi connectivity index (χ2n) is 6.74. The van der Waals surface area contributed by atoms with Gasteiger partial charge in [-0.1, -0.05) is 6.07 Å². The Morgan fingerprint density at radius 2 is 1.68 bits per heavy atom. The monoisotopic (exact) mass is 407 g/mol. The molecule has 28 heavy (non-hydrogen) atoms. The van der Waals surface area contributed by atoms with Crippen molar-refractivity contribution in [2.75, 3.05) is 14.2 Å². The van der Waals surface area contributed by atoms with E-state index in [1.165, 1.54) is 20.4 Å². The van der Waals surface area contributed by atoms with Crippen molar-refractivity contribution >= 4 is 10.0 Å². The van der Waals surface area contributed by atoms with Crippen LogP contribution in [0.4, 0.5) is 0 Å². The molecule has 9 heteroatoms. The van der Waals surface area contributed by atoms with E-state index in [0.29, 0.717) is 43.2 Å². The molecule has 1 N–H and O–H groups in total. The van der Waals surface area contributed by atoms with Gasteiger partial charge in [0.15, 0.2) is 0 Å². The van der Waals surface area contributed by atoms with Crippen molar-refractivity contribution in [2.45, 2.75) is 49.6 Å². The summed E-state index contributed by atoms with van der Waals surface area (Å²) < 4.78 is 44.7. The van der Waals surface area contributed by atoms with Crippen LogP contribution >= 0.6 is 0 Å². The molecule has 1 heterocycles. The third-order valence-corrected chi connectivity index (χ3v) is 6.25. The van der Waals surface area contributed by atoms with E-state index in [0.717, 1.165) is 5.56 Å². The number of nitrogens with one attached hydrogen (secondary N) is 1. The molecule has 0 radical (unpaired) electrons. The third kappa shape index (κ3) is 4.71. The Balaban J connectivity index is 1.62. The quantitative estimate of drug-likeness (QED) is 0.752. The van der Waals surface area contributed by atoms with Gasteiger partial charge in [0.25, 0.3) is 11.8 Å². The molecular formula is C19H25N3O5S. The maximum atomic E-state index is 12.8. The highest BCUT2D eigenvalue weighted by molar-refractivity contribution is 7.89. The highest BCUT2D eigenvalue weighted by atomic mass is 32.2. The molecule has 1 aliphatic carbocycles. The molecule has 8 nitrogen and oxygen atoms in total. The number of benzene rings is 1. The maximum Gasteiger partial charge on any atom is 0.278 e. The minimum atomic E-state index is -3.67. The second kappa shape index (κ2) is 8.74. The first-order valence-corrected chi connectivity index (χ1v) is 10.6. The van der Waals surface area contributed by atoms with Crippen LogP contribution in [-0.4, -0.2) is 44.8 Å². The average molecular weight is 407 g/mol. The van der Waals surface area contributed by atoms with Crippen LogP contribution in [0.5, 0.6) is 17.5 Å². The smallest absolute Gasteiger partial charge is 0.278 e. The van der Waals surface area contributed by atoms with Gasteiger partial charge in [-0.05, 0) is 50.3 Å². The summed E-state index contributed by atoms with van der Waals surface area (Å²) in [5.41, 5.74) is 0.858. The van der Waals surface area contributed by atoms with Crippen LogP contribution in [0.2, 0.25) is 0 Å². The van der Waals surface area contributed by atoms with Gasteiger partial charge in [-0.25, -0.2) is 23.1 Å². The molecular weight excluding hydrogens is 382 g/mol. The lowest BCUT2D eigenvalue weighted by molar-refractivity contribution is 0.132. The molecule has 0 aliphatic heterocycles. The minimum absolute atomic E-state index is 0.0557. The van der Waals surface area contributed by atoms with E-state index < -0.39 is 10.0 Å². The Labute approximate surface area is 165 Å². The fourth-order valence-corrected chi connectivity index (χ4v) is 4.83. The van der Waals surface area contributed by atoms with Crippen molar-refractivity contribution in [3.05, 3.63) is 36.2 Å². The normalized spacial score (nSPS) is 19.8. The second-order valence-corrected chi connectivity index (χ2v) is 8.42. The van der Waals surface area contributed by atoms with Crippen molar-refractivity contribution in [3.8, 4) is 17.5 Å². The number of nitrogens with zero attached hydrogens (tertiary/aromatic N) is 2. The number of ether oxygens (including phenoxy) is 3. The van der Waals surface area contributed by atoms with E-state index in [2.05, 4.69) is 14.7 Å². The summed E-state index contributed by atoms with van der Waals surface area (Å²) in [5.74, 6) is 1.04. The van der Waals surface area contributed by atoms with Gasteiger partial charge in [0, 0.05) is 18.4 Å².